The van der Waals surface area contributed by atoms with E-state index in [9.17, 15) is 15.0 Å². The van der Waals surface area contributed by atoms with Crippen LogP contribution in [-0.4, -0.2) is 34.9 Å². The van der Waals surface area contributed by atoms with Crippen LogP contribution in [0.3, 0.4) is 0 Å². The summed E-state index contributed by atoms with van der Waals surface area (Å²) in [7, 11) is 0. The van der Waals surface area contributed by atoms with Crippen molar-refractivity contribution in [3.63, 3.8) is 0 Å². The first-order chi connectivity index (χ1) is 29.2. The number of nitrogens with one attached hydrogen (secondary N) is 1. The third kappa shape index (κ3) is 46.7. The fourth-order valence-electron chi connectivity index (χ4n) is 7.45. The number of aliphatic hydroxyl groups excluding tert-OH is 2. The molecule has 1 amide bonds. The highest BCUT2D eigenvalue weighted by Crippen LogP contribution is 2.15. The molecular formula is C55H99NO3. The highest BCUT2D eigenvalue weighted by atomic mass is 16.3. The number of unbranched alkanes of at least 4 members (excludes halogenated alkanes) is 29. The average molecular weight is 822 g/mol. The zero-order chi connectivity index (χ0) is 42.8. The topological polar surface area (TPSA) is 69.6 Å². The molecule has 0 aliphatic carbocycles. The monoisotopic (exact) mass is 822 g/mol. The predicted molar refractivity (Wildman–Crippen MR) is 262 cm³/mol. The van der Waals surface area contributed by atoms with Crippen LogP contribution in [0.4, 0.5) is 0 Å². The van der Waals surface area contributed by atoms with Crippen molar-refractivity contribution in [2.45, 2.75) is 264 Å². The lowest BCUT2D eigenvalue weighted by molar-refractivity contribution is -0.123. The van der Waals surface area contributed by atoms with Crippen molar-refractivity contribution in [2.75, 3.05) is 6.61 Å². The number of amides is 1. The van der Waals surface area contributed by atoms with Crippen LogP contribution in [0, 0.1) is 0 Å². The van der Waals surface area contributed by atoms with Gasteiger partial charge in [0.25, 0.3) is 0 Å². The lowest BCUT2D eigenvalue weighted by Crippen LogP contribution is -2.45. The zero-order valence-corrected chi connectivity index (χ0v) is 39.3. The second-order valence-electron chi connectivity index (χ2n) is 17.2. The molecule has 59 heavy (non-hydrogen) atoms. The smallest absolute Gasteiger partial charge is 0.220 e. The largest absolute Gasteiger partial charge is 0.394 e. The van der Waals surface area contributed by atoms with Gasteiger partial charge >= 0.3 is 0 Å². The van der Waals surface area contributed by atoms with Gasteiger partial charge in [0, 0.05) is 6.42 Å². The molecule has 0 aromatic carbocycles. The minimum Gasteiger partial charge on any atom is -0.394 e. The summed E-state index contributed by atoms with van der Waals surface area (Å²) in [6.07, 6.45) is 71.8. The Labute approximate surface area is 368 Å². The van der Waals surface area contributed by atoms with Crippen molar-refractivity contribution in [3.05, 3.63) is 72.9 Å². The van der Waals surface area contributed by atoms with Crippen LogP contribution >= 0.6 is 0 Å². The van der Waals surface area contributed by atoms with E-state index >= 15 is 0 Å². The maximum Gasteiger partial charge on any atom is 0.220 e. The number of carbonyl (C=O) groups is 1. The van der Waals surface area contributed by atoms with Crippen LogP contribution in [0.2, 0.25) is 0 Å². The number of aliphatic hydroxyl groups is 2. The van der Waals surface area contributed by atoms with Crippen LogP contribution in [0.1, 0.15) is 251 Å². The van der Waals surface area contributed by atoms with E-state index < -0.39 is 12.1 Å². The maximum absolute atomic E-state index is 12.4. The van der Waals surface area contributed by atoms with Gasteiger partial charge < -0.3 is 15.5 Å². The molecule has 0 rings (SSSR count). The summed E-state index contributed by atoms with van der Waals surface area (Å²) in [5, 5.41) is 23.1. The van der Waals surface area contributed by atoms with E-state index in [1.54, 1.807) is 6.08 Å². The molecule has 0 aliphatic heterocycles. The fraction of sp³-hybridized carbons (Fsp3) is 0.764. The highest BCUT2D eigenvalue weighted by molar-refractivity contribution is 5.76. The second kappa shape index (κ2) is 50.2. The number of allylic oxidation sites excluding steroid dienone is 11. The summed E-state index contributed by atoms with van der Waals surface area (Å²) >= 11 is 0. The summed E-state index contributed by atoms with van der Waals surface area (Å²) in [5.74, 6) is -0.0916. The van der Waals surface area contributed by atoms with Gasteiger partial charge in [0.1, 0.15) is 0 Å². The molecule has 0 aromatic heterocycles. The van der Waals surface area contributed by atoms with E-state index in [-0.39, 0.29) is 12.5 Å². The van der Waals surface area contributed by atoms with Crippen molar-refractivity contribution in [2.24, 2.45) is 0 Å². The third-order valence-corrected chi connectivity index (χ3v) is 11.4. The minimum absolute atomic E-state index is 0.0916. The predicted octanol–water partition coefficient (Wildman–Crippen LogP) is 16.6. The maximum atomic E-state index is 12.4. The Morgan fingerprint density at radius 2 is 0.712 bits per heavy atom. The Morgan fingerprint density at radius 1 is 0.407 bits per heavy atom. The minimum atomic E-state index is -0.880. The van der Waals surface area contributed by atoms with Gasteiger partial charge in [-0.1, -0.05) is 234 Å². The highest BCUT2D eigenvalue weighted by Gasteiger charge is 2.17. The Bertz CT molecular complexity index is 1020. The molecular weight excluding hydrogens is 723 g/mol. The molecule has 0 bridgehead atoms. The van der Waals surface area contributed by atoms with E-state index in [0.29, 0.717) is 6.42 Å². The van der Waals surface area contributed by atoms with E-state index in [2.05, 4.69) is 79.9 Å². The van der Waals surface area contributed by atoms with Crippen LogP contribution in [0.25, 0.3) is 0 Å². The molecule has 4 heteroatoms. The van der Waals surface area contributed by atoms with E-state index in [0.717, 1.165) is 64.2 Å². The summed E-state index contributed by atoms with van der Waals surface area (Å²) in [5.41, 5.74) is 0. The average Bonchev–Trinajstić information content (AvgIpc) is 3.24. The van der Waals surface area contributed by atoms with Crippen LogP contribution in [0.15, 0.2) is 72.9 Å². The molecule has 2 atom stereocenters. The van der Waals surface area contributed by atoms with Gasteiger partial charge in [-0.2, -0.15) is 0 Å². The molecule has 0 spiro atoms. The number of hydrogen-bond acceptors (Lipinski definition) is 3. The molecule has 4 nitrogen and oxygen atoms in total. The third-order valence-electron chi connectivity index (χ3n) is 11.4. The fourth-order valence-corrected chi connectivity index (χ4v) is 7.45. The van der Waals surface area contributed by atoms with Gasteiger partial charge in [-0.05, 0) is 83.5 Å². The number of rotatable bonds is 46. The quantitative estimate of drug-likeness (QED) is 0.0423. The van der Waals surface area contributed by atoms with E-state index in [1.807, 2.05) is 6.08 Å². The van der Waals surface area contributed by atoms with Crippen molar-refractivity contribution in [3.8, 4) is 0 Å². The second-order valence-corrected chi connectivity index (χ2v) is 17.2. The molecule has 0 fully saturated rings. The molecule has 0 heterocycles. The molecule has 0 saturated carbocycles. The molecule has 0 saturated heterocycles. The van der Waals surface area contributed by atoms with Gasteiger partial charge in [-0.3, -0.25) is 4.79 Å². The first-order valence-corrected chi connectivity index (χ1v) is 25.7. The van der Waals surface area contributed by atoms with E-state index in [4.69, 9.17) is 0 Å². The Hall–Kier alpha value is -2.17. The summed E-state index contributed by atoms with van der Waals surface area (Å²) in [4.78, 5) is 12.4. The molecule has 0 aliphatic rings. The molecule has 342 valence electrons. The number of carbonyl (C=O) groups excluding carboxylic acids is 1. The first kappa shape index (κ1) is 56.8. The van der Waals surface area contributed by atoms with Gasteiger partial charge in [-0.25, -0.2) is 0 Å². The Balaban J connectivity index is 3.62. The van der Waals surface area contributed by atoms with Crippen molar-refractivity contribution in [1.29, 1.82) is 0 Å². The van der Waals surface area contributed by atoms with E-state index in [1.165, 1.54) is 167 Å². The van der Waals surface area contributed by atoms with Crippen LogP contribution in [-0.2, 0) is 4.79 Å². The van der Waals surface area contributed by atoms with Gasteiger partial charge in [0.15, 0.2) is 0 Å². The normalized spacial score (nSPS) is 13.5. The Morgan fingerprint density at radius 3 is 1.14 bits per heavy atom. The van der Waals surface area contributed by atoms with Crippen LogP contribution in [0.5, 0.6) is 0 Å². The standard InChI is InChI=1S/C55H99NO3/c1-3-5-7-9-11-13-15-17-19-21-23-24-25-26-27-28-29-30-31-33-34-36-38-40-42-44-46-48-50-54(58)53(52-57)56-55(59)51-49-47-45-43-41-39-37-35-32-22-20-18-16-14-12-10-8-6-4-2/h12,14,18,20,32-35,40,42,48,50,53-54,57-58H,3-11,13,15-17,19,21-31,36-39,41,43-47,49,51-52H2,1-2H3,(H,56,59)/b14-12-,20-18-,34-33+,35-32-,42-40+,50-48+. The molecule has 3 N–H and O–H groups in total. The molecule has 0 aromatic rings. The summed E-state index contributed by atoms with van der Waals surface area (Å²) in [6, 6.07) is -0.657. The van der Waals surface area contributed by atoms with Gasteiger partial charge in [0.2, 0.25) is 5.91 Å². The van der Waals surface area contributed by atoms with Crippen molar-refractivity contribution in [1.82, 2.24) is 5.32 Å². The van der Waals surface area contributed by atoms with Crippen molar-refractivity contribution >= 4 is 5.91 Å². The zero-order valence-electron chi connectivity index (χ0n) is 39.3. The van der Waals surface area contributed by atoms with Crippen molar-refractivity contribution < 1.29 is 15.0 Å². The lowest BCUT2D eigenvalue weighted by atomic mass is 10.0. The lowest BCUT2D eigenvalue weighted by Gasteiger charge is -2.19. The first-order valence-electron chi connectivity index (χ1n) is 25.7. The molecule has 2 unspecified atom stereocenters. The number of hydrogen-bond donors (Lipinski definition) is 3. The van der Waals surface area contributed by atoms with Gasteiger partial charge in [-0.15, -0.1) is 0 Å². The summed E-state index contributed by atoms with van der Waals surface area (Å²) < 4.78 is 0. The van der Waals surface area contributed by atoms with Gasteiger partial charge in [0.05, 0.1) is 18.8 Å². The molecule has 0 radical (unpaired) electrons. The SMILES string of the molecule is CCCCC/C=C\C/C=C\C/C=C\CCCCCCCCC(=O)NC(CO)C(O)/C=C/CC/C=C/CC/C=C/CCCCCCCCCCCCCCCCCCCC. The Kier molecular flexibility index (Phi) is 48.3. The summed E-state index contributed by atoms with van der Waals surface area (Å²) in [6.45, 7) is 4.27. The van der Waals surface area contributed by atoms with Crippen LogP contribution < -0.4 is 5.32 Å².